The lowest BCUT2D eigenvalue weighted by atomic mass is 10.2. The Labute approximate surface area is 89.0 Å². The molecule has 0 spiro atoms. The van der Waals surface area contributed by atoms with Gasteiger partial charge in [-0.2, -0.15) is 5.10 Å². The second kappa shape index (κ2) is 6.31. The van der Waals surface area contributed by atoms with Crippen LogP contribution in [0.3, 0.4) is 0 Å². The Morgan fingerprint density at radius 3 is 2.93 bits per heavy atom. The van der Waals surface area contributed by atoms with E-state index in [1.807, 2.05) is 19.3 Å². The Balaban J connectivity index is 2.18. The molecule has 0 saturated carbocycles. The van der Waals surface area contributed by atoms with E-state index in [4.69, 9.17) is 9.47 Å². The van der Waals surface area contributed by atoms with Crippen LogP contribution in [0.4, 0.5) is 0 Å². The Morgan fingerprint density at radius 1 is 1.53 bits per heavy atom. The van der Waals surface area contributed by atoms with Crippen molar-refractivity contribution < 1.29 is 14.3 Å². The first-order valence-electron chi connectivity index (χ1n) is 4.79. The number of hydrogen-bond donors (Lipinski definition) is 0. The van der Waals surface area contributed by atoms with Crippen LogP contribution in [0.15, 0.2) is 12.3 Å². The zero-order valence-corrected chi connectivity index (χ0v) is 9.10. The van der Waals surface area contributed by atoms with Gasteiger partial charge < -0.3 is 9.47 Å². The third kappa shape index (κ3) is 4.71. The molecule has 0 bridgehead atoms. The van der Waals surface area contributed by atoms with E-state index in [1.165, 1.54) is 0 Å². The molecule has 1 aromatic heterocycles. The van der Waals surface area contributed by atoms with Gasteiger partial charge in [0.2, 0.25) is 0 Å². The van der Waals surface area contributed by atoms with Gasteiger partial charge in [-0.1, -0.05) is 0 Å². The van der Waals surface area contributed by atoms with E-state index in [0.717, 1.165) is 5.69 Å². The van der Waals surface area contributed by atoms with Crippen LogP contribution in [0.2, 0.25) is 0 Å². The minimum Gasteiger partial charge on any atom is -0.382 e. The first-order chi connectivity index (χ1) is 7.22. The van der Waals surface area contributed by atoms with E-state index in [0.29, 0.717) is 19.6 Å². The van der Waals surface area contributed by atoms with Gasteiger partial charge in [0, 0.05) is 20.4 Å². The minimum absolute atomic E-state index is 0.0322. The van der Waals surface area contributed by atoms with Crippen molar-refractivity contribution in [3.8, 4) is 0 Å². The highest BCUT2D eigenvalue weighted by atomic mass is 16.5. The molecule has 0 aliphatic carbocycles. The zero-order chi connectivity index (χ0) is 11.1. The molecule has 5 heteroatoms. The summed E-state index contributed by atoms with van der Waals surface area (Å²) in [6.45, 7) is 1.08. The molecule has 1 rings (SSSR count). The zero-order valence-electron chi connectivity index (χ0n) is 9.10. The number of hydrogen-bond acceptors (Lipinski definition) is 4. The average Bonchev–Trinajstić information content (AvgIpc) is 2.59. The number of Topliss-reactive ketones (excluding diaryl/α,β-unsaturated/α-hetero) is 1. The van der Waals surface area contributed by atoms with E-state index >= 15 is 0 Å². The predicted octanol–water partition coefficient (Wildman–Crippen LogP) is 0.195. The molecule has 0 N–H and O–H groups in total. The number of aryl methyl sites for hydroxylation is 1. The predicted molar refractivity (Wildman–Crippen MR) is 54.6 cm³/mol. The summed E-state index contributed by atoms with van der Waals surface area (Å²) in [5.74, 6) is 0.0322. The maximum atomic E-state index is 11.4. The Kier molecular flexibility index (Phi) is 5.00. The van der Waals surface area contributed by atoms with Crippen LogP contribution in [0, 0.1) is 0 Å². The third-order valence-electron chi connectivity index (χ3n) is 1.84. The second-order valence-electron chi connectivity index (χ2n) is 3.24. The molecule has 5 nitrogen and oxygen atoms in total. The van der Waals surface area contributed by atoms with Gasteiger partial charge in [0.1, 0.15) is 6.61 Å². The highest BCUT2D eigenvalue weighted by molar-refractivity contribution is 5.81. The lowest BCUT2D eigenvalue weighted by Gasteiger charge is -2.01. The number of ketones is 1. The van der Waals surface area contributed by atoms with Crippen LogP contribution in [0.5, 0.6) is 0 Å². The molecule has 0 saturated heterocycles. The van der Waals surface area contributed by atoms with E-state index in [-0.39, 0.29) is 12.4 Å². The van der Waals surface area contributed by atoms with Crippen molar-refractivity contribution in [2.75, 3.05) is 26.9 Å². The summed E-state index contributed by atoms with van der Waals surface area (Å²) >= 11 is 0. The summed E-state index contributed by atoms with van der Waals surface area (Å²) < 4.78 is 11.6. The number of carbonyl (C=O) groups is 1. The molecule has 0 radical (unpaired) electrons. The molecule has 0 atom stereocenters. The number of carbonyl (C=O) groups excluding carboxylic acids is 1. The summed E-state index contributed by atoms with van der Waals surface area (Å²) in [7, 11) is 3.42. The van der Waals surface area contributed by atoms with E-state index in [2.05, 4.69) is 5.10 Å². The fraction of sp³-hybridized carbons (Fsp3) is 0.600. The van der Waals surface area contributed by atoms with Crippen LogP contribution in [-0.2, 0) is 27.7 Å². The van der Waals surface area contributed by atoms with Crippen LogP contribution in [-0.4, -0.2) is 42.5 Å². The monoisotopic (exact) mass is 212 g/mol. The summed E-state index contributed by atoms with van der Waals surface area (Å²) in [6.07, 6.45) is 2.14. The summed E-state index contributed by atoms with van der Waals surface area (Å²) in [4.78, 5) is 11.4. The maximum Gasteiger partial charge on any atom is 0.164 e. The molecule has 1 aromatic rings. The number of methoxy groups -OCH3 is 1. The molecule has 0 fully saturated rings. The molecule has 1 heterocycles. The summed E-state index contributed by atoms with van der Waals surface area (Å²) in [5, 5.41) is 4.11. The van der Waals surface area contributed by atoms with Gasteiger partial charge >= 0.3 is 0 Å². The number of nitrogens with zero attached hydrogens (tertiary/aromatic N) is 2. The van der Waals surface area contributed by atoms with Gasteiger partial charge in [0.05, 0.1) is 25.3 Å². The molecular formula is C10H16N2O3. The fourth-order valence-electron chi connectivity index (χ4n) is 1.14. The number of ether oxygens (including phenoxy) is 2. The number of rotatable bonds is 7. The second-order valence-corrected chi connectivity index (χ2v) is 3.24. The maximum absolute atomic E-state index is 11.4. The topological polar surface area (TPSA) is 53.4 Å². The first kappa shape index (κ1) is 11.9. The van der Waals surface area contributed by atoms with Gasteiger partial charge in [0.15, 0.2) is 5.78 Å². The molecule has 0 aromatic carbocycles. The molecule has 84 valence electrons. The Morgan fingerprint density at radius 2 is 2.33 bits per heavy atom. The lowest BCUT2D eigenvalue weighted by molar-refractivity contribution is -0.123. The Hall–Kier alpha value is -1.20. The van der Waals surface area contributed by atoms with Gasteiger partial charge in [0.25, 0.3) is 0 Å². The van der Waals surface area contributed by atoms with Gasteiger partial charge in [-0.15, -0.1) is 0 Å². The Bertz CT molecular complexity index is 309. The van der Waals surface area contributed by atoms with Crippen LogP contribution in [0.25, 0.3) is 0 Å². The van der Waals surface area contributed by atoms with Crippen LogP contribution < -0.4 is 0 Å². The third-order valence-corrected chi connectivity index (χ3v) is 1.84. The molecule has 0 amide bonds. The number of aromatic nitrogens is 2. The largest absolute Gasteiger partial charge is 0.382 e. The van der Waals surface area contributed by atoms with E-state index in [9.17, 15) is 4.79 Å². The van der Waals surface area contributed by atoms with Crippen molar-refractivity contribution in [1.29, 1.82) is 0 Å². The average molecular weight is 212 g/mol. The lowest BCUT2D eigenvalue weighted by Crippen LogP contribution is -2.14. The fourth-order valence-corrected chi connectivity index (χ4v) is 1.14. The van der Waals surface area contributed by atoms with Gasteiger partial charge in [-0.3, -0.25) is 9.48 Å². The van der Waals surface area contributed by atoms with Crippen LogP contribution in [0.1, 0.15) is 5.69 Å². The van der Waals surface area contributed by atoms with Crippen molar-refractivity contribution in [2.24, 2.45) is 7.05 Å². The van der Waals surface area contributed by atoms with Crippen LogP contribution >= 0.6 is 0 Å². The smallest absolute Gasteiger partial charge is 0.164 e. The SMILES string of the molecule is COCCOCC(=O)Cc1ccn(C)n1. The summed E-state index contributed by atoms with van der Waals surface area (Å²) in [5.41, 5.74) is 0.776. The van der Waals surface area contributed by atoms with Crippen molar-refractivity contribution in [3.63, 3.8) is 0 Å². The highest BCUT2D eigenvalue weighted by Crippen LogP contribution is 1.96. The van der Waals surface area contributed by atoms with Gasteiger partial charge in [-0.05, 0) is 6.07 Å². The first-order valence-corrected chi connectivity index (χ1v) is 4.79. The molecular weight excluding hydrogens is 196 g/mol. The van der Waals surface area contributed by atoms with Crippen molar-refractivity contribution in [2.45, 2.75) is 6.42 Å². The summed E-state index contributed by atoms with van der Waals surface area (Å²) in [6, 6.07) is 1.83. The van der Waals surface area contributed by atoms with E-state index < -0.39 is 0 Å². The van der Waals surface area contributed by atoms with Crippen molar-refractivity contribution in [1.82, 2.24) is 9.78 Å². The standard InChI is InChI=1S/C10H16N2O3/c1-12-4-3-9(11-12)7-10(13)8-15-6-5-14-2/h3-4H,5-8H2,1-2H3. The molecule has 0 aliphatic heterocycles. The highest BCUT2D eigenvalue weighted by Gasteiger charge is 2.05. The molecule has 15 heavy (non-hydrogen) atoms. The molecule has 0 aliphatic rings. The van der Waals surface area contributed by atoms with E-state index in [1.54, 1.807) is 11.8 Å². The van der Waals surface area contributed by atoms with Crippen molar-refractivity contribution in [3.05, 3.63) is 18.0 Å². The van der Waals surface area contributed by atoms with Gasteiger partial charge in [-0.25, -0.2) is 0 Å². The van der Waals surface area contributed by atoms with Crippen molar-refractivity contribution >= 4 is 5.78 Å². The molecule has 0 unspecified atom stereocenters. The minimum atomic E-state index is 0.0322. The quantitative estimate of drug-likeness (QED) is 0.606. The normalized spacial score (nSPS) is 10.5.